The Morgan fingerprint density at radius 1 is 1.38 bits per heavy atom. The molecule has 94 valence electrons. The lowest BCUT2D eigenvalue weighted by atomic mass is 9.95. The van der Waals surface area contributed by atoms with Gasteiger partial charge >= 0.3 is 6.18 Å². The first-order valence-corrected chi connectivity index (χ1v) is 5.48. The summed E-state index contributed by atoms with van der Waals surface area (Å²) in [4.78, 5) is 11.6. The largest absolute Gasteiger partial charge is 0.390 e. The molecule has 2 unspecified atom stereocenters. The molecule has 1 aliphatic rings. The van der Waals surface area contributed by atoms with Gasteiger partial charge in [0.05, 0.1) is 6.42 Å². The first kappa shape index (κ1) is 13.3. The number of rotatable bonds is 4. The molecule has 0 bridgehead atoms. The van der Waals surface area contributed by atoms with Crippen LogP contribution in [-0.4, -0.2) is 25.2 Å². The van der Waals surface area contributed by atoms with Gasteiger partial charge in [0, 0.05) is 12.5 Å². The molecule has 0 radical (unpaired) electrons. The molecule has 1 rings (SSSR count). The summed E-state index contributed by atoms with van der Waals surface area (Å²) in [6, 6.07) is 0. The SMILES string of the molecule is NCC1CCCC1C(=O)NCCC(F)(F)F. The molecule has 0 heterocycles. The molecule has 1 aliphatic carbocycles. The quantitative estimate of drug-likeness (QED) is 0.778. The number of nitrogens with one attached hydrogen (secondary N) is 1. The van der Waals surface area contributed by atoms with E-state index in [0.717, 1.165) is 19.3 Å². The molecule has 3 nitrogen and oxygen atoms in total. The molecule has 1 saturated carbocycles. The van der Waals surface area contributed by atoms with E-state index in [1.165, 1.54) is 0 Å². The highest BCUT2D eigenvalue weighted by atomic mass is 19.4. The lowest BCUT2D eigenvalue weighted by Crippen LogP contribution is -2.36. The number of amides is 1. The molecule has 0 aromatic heterocycles. The fourth-order valence-corrected chi connectivity index (χ4v) is 2.12. The van der Waals surface area contributed by atoms with Crippen molar-refractivity contribution < 1.29 is 18.0 Å². The maximum Gasteiger partial charge on any atom is 0.390 e. The minimum absolute atomic E-state index is 0.130. The summed E-state index contributed by atoms with van der Waals surface area (Å²) in [5, 5.41) is 2.33. The molecule has 0 saturated heterocycles. The number of alkyl halides is 3. The van der Waals surface area contributed by atoms with E-state index in [2.05, 4.69) is 5.32 Å². The van der Waals surface area contributed by atoms with Crippen molar-refractivity contribution in [1.29, 1.82) is 0 Å². The number of carbonyl (C=O) groups excluding carboxylic acids is 1. The van der Waals surface area contributed by atoms with Gasteiger partial charge in [-0.2, -0.15) is 13.2 Å². The van der Waals surface area contributed by atoms with Crippen LogP contribution in [0.5, 0.6) is 0 Å². The topological polar surface area (TPSA) is 55.1 Å². The van der Waals surface area contributed by atoms with E-state index in [4.69, 9.17) is 5.73 Å². The average Bonchev–Trinajstić information content (AvgIpc) is 2.63. The summed E-state index contributed by atoms with van der Waals surface area (Å²) in [5.74, 6) is -0.346. The minimum atomic E-state index is -4.21. The first-order valence-electron chi connectivity index (χ1n) is 5.48. The number of nitrogens with two attached hydrogens (primary N) is 1. The van der Waals surface area contributed by atoms with Crippen molar-refractivity contribution in [3.63, 3.8) is 0 Å². The lowest BCUT2D eigenvalue weighted by molar-refractivity contribution is -0.136. The molecule has 16 heavy (non-hydrogen) atoms. The van der Waals surface area contributed by atoms with E-state index in [1.54, 1.807) is 0 Å². The number of hydrogen-bond donors (Lipinski definition) is 2. The monoisotopic (exact) mass is 238 g/mol. The van der Waals surface area contributed by atoms with Crippen molar-refractivity contribution in [2.24, 2.45) is 17.6 Å². The molecule has 6 heteroatoms. The maximum absolute atomic E-state index is 11.9. The van der Waals surface area contributed by atoms with Crippen LogP contribution >= 0.6 is 0 Å². The Morgan fingerprint density at radius 3 is 2.62 bits per heavy atom. The first-order chi connectivity index (χ1) is 7.44. The summed E-state index contributed by atoms with van der Waals surface area (Å²) in [7, 11) is 0. The van der Waals surface area contributed by atoms with Crippen molar-refractivity contribution in [2.45, 2.75) is 31.9 Å². The van der Waals surface area contributed by atoms with E-state index in [0.29, 0.717) is 6.54 Å². The summed E-state index contributed by atoms with van der Waals surface area (Å²) in [6.07, 6.45) is -2.62. The van der Waals surface area contributed by atoms with Gasteiger partial charge in [-0.1, -0.05) is 6.42 Å². The normalized spacial score (nSPS) is 25.8. The van der Waals surface area contributed by atoms with Crippen molar-refractivity contribution in [3.05, 3.63) is 0 Å². The maximum atomic E-state index is 11.9. The van der Waals surface area contributed by atoms with Crippen LogP contribution in [0.1, 0.15) is 25.7 Å². The standard InChI is InChI=1S/C10H17F3N2O/c11-10(12,13)4-5-15-9(16)8-3-1-2-7(8)6-14/h7-8H,1-6,14H2,(H,15,16). The molecule has 0 spiro atoms. The van der Waals surface area contributed by atoms with Gasteiger partial charge in [-0.3, -0.25) is 4.79 Å². The molecule has 0 aromatic rings. The molecule has 0 aromatic carbocycles. The number of halogens is 3. The average molecular weight is 238 g/mol. The molecular weight excluding hydrogens is 221 g/mol. The van der Waals surface area contributed by atoms with E-state index in [-0.39, 0.29) is 24.3 Å². The summed E-state index contributed by atoms with van der Waals surface area (Å²) < 4.78 is 35.6. The minimum Gasteiger partial charge on any atom is -0.356 e. The van der Waals surface area contributed by atoms with Crippen molar-refractivity contribution in [3.8, 4) is 0 Å². The Balaban J connectivity index is 2.29. The van der Waals surface area contributed by atoms with Crippen LogP contribution in [0.15, 0.2) is 0 Å². The lowest BCUT2D eigenvalue weighted by Gasteiger charge is -2.17. The van der Waals surface area contributed by atoms with Crippen LogP contribution in [0, 0.1) is 11.8 Å². The van der Waals surface area contributed by atoms with Crippen LogP contribution in [0.3, 0.4) is 0 Å². The number of hydrogen-bond acceptors (Lipinski definition) is 2. The zero-order chi connectivity index (χ0) is 12.2. The zero-order valence-electron chi connectivity index (χ0n) is 9.02. The zero-order valence-corrected chi connectivity index (χ0v) is 9.02. The molecule has 1 fully saturated rings. The predicted molar refractivity (Wildman–Crippen MR) is 53.6 cm³/mol. The fourth-order valence-electron chi connectivity index (χ4n) is 2.12. The molecule has 3 N–H and O–H groups in total. The van der Waals surface area contributed by atoms with Gasteiger partial charge < -0.3 is 11.1 Å². The molecule has 0 aliphatic heterocycles. The Kier molecular flexibility index (Phi) is 4.58. The molecule has 2 atom stereocenters. The summed E-state index contributed by atoms with van der Waals surface area (Å²) in [6.45, 7) is 0.0908. The number of carbonyl (C=O) groups is 1. The van der Waals surface area contributed by atoms with Crippen LogP contribution in [0.2, 0.25) is 0 Å². The fraction of sp³-hybridized carbons (Fsp3) is 0.900. The second-order valence-corrected chi connectivity index (χ2v) is 4.19. The molecular formula is C10H17F3N2O. The van der Waals surface area contributed by atoms with Crippen LogP contribution in [-0.2, 0) is 4.79 Å². The highest BCUT2D eigenvalue weighted by molar-refractivity contribution is 5.79. The third-order valence-corrected chi connectivity index (χ3v) is 3.01. The Hall–Kier alpha value is -0.780. The van der Waals surface area contributed by atoms with Gasteiger partial charge in [0.15, 0.2) is 0 Å². The van der Waals surface area contributed by atoms with Gasteiger partial charge in [0.1, 0.15) is 0 Å². The summed E-state index contributed by atoms with van der Waals surface area (Å²) in [5.41, 5.74) is 5.50. The van der Waals surface area contributed by atoms with Crippen molar-refractivity contribution in [1.82, 2.24) is 5.32 Å². The van der Waals surface area contributed by atoms with E-state index < -0.39 is 12.6 Å². The Bertz CT molecular complexity index is 243. The van der Waals surface area contributed by atoms with Crippen LogP contribution in [0.4, 0.5) is 13.2 Å². The van der Waals surface area contributed by atoms with Gasteiger partial charge in [-0.25, -0.2) is 0 Å². The van der Waals surface area contributed by atoms with Gasteiger partial charge in [-0.15, -0.1) is 0 Å². The van der Waals surface area contributed by atoms with Crippen molar-refractivity contribution in [2.75, 3.05) is 13.1 Å². The van der Waals surface area contributed by atoms with Crippen LogP contribution in [0.25, 0.3) is 0 Å². The predicted octanol–water partition coefficient (Wildman–Crippen LogP) is 1.43. The van der Waals surface area contributed by atoms with E-state index in [1.807, 2.05) is 0 Å². The molecule has 1 amide bonds. The van der Waals surface area contributed by atoms with Crippen molar-refractivity contribution >= 4 is 5.91 Å². The van der Waals surface area contributed by atoms with E-state index >= 15 is 0 Å². The van der Waals surface area contributed by atoms with Gasteiger partial charge in [-0.05, 0) is 25.3 Å². The van der Waals surface area contributed by atoms with E-state index in [9.17, 15) is 18.0 Å². The second kappa shape index (κ2) is 5.52. The van der Waals surface area contributed by atoms with Gasteiger partial charge in [0.2, 0.25) is 5.91 Å². The Labute approximate surface area is 92.6 Å². The smallest absolute Gasteiger partial charge is 0.356 e. The third kappa shape index (κ3) is 4.00. The van der Waals surface area contributed by atoms with Crippen LogP contribution < -0.4 is 11.1 Å². The third-order valence-electron chi connectivity index (χ3n) is 3.01. The second-order valence-electron chi connectivity index (χ2n) is 4.19. The summed E-state index contributed by atoms with van der Waals surface area (Å²) >= 11 is 0. The highest BCUT2D eigenvalue weighted by Crippen LogP contribution is 2.31. The Morgan fingerprint density at radius 2 is 2.06 bits per heavy atom. The van der Waals surface area contributed by atoms with Gasteiger partial charge in [0.25, 0.3) is 0 Å². The highest BCUT2D eigenvalue weighted by Gasteiger charge is 2.32.